The Morgan fingerprint density at radius 2 is 2.13 bits per heavy atom. The summed E-state index contributed by atoms with van der Waals surface area (Å²) in [4.78, 5) is 26.5. The normalized spacial score (nSPS) is 22.0. The van der Waals surface area contributed by atoms with Gasteiger partial charge in [0.15, 0.2) is 0 Å². The Kier molecular flexibility index (Phi) is 5.25. The molecule has 23 heavy (non-hydrogen) atoms. The van der Waals surface area contributed by atoms with E-state index < -0.39 is 0 Å². The minimum absolute atomic E-state index is 0.1000. The number of carbonyl (C=O) groups excluding carboxylic acids is 2. The van der Waals surface area contributed by atoms with Crippen LogP contribution >= 0.6 is 11.3 Å². The van der Waals surface area contributed by atoms with Gasteiger partial charge in [-0.2, -0.15) is 0 Å². The molecule has 2 fully saturated rings. The molecule has 6 nitrogen and oxygen atoms in total. The smallest absolute Gasteiger partial charge is 0.231 e. The third-order valence-corrected chi connectivity index (χ3v) is 5.63. The van der Waals surface area contributed by atoms with Crippen molar-refractivity contribution in [2.75, 3.05) is 11.9 Å². The van der Waals surface area contributed by atoms with Gasteiger partial charge >= 0.3 is 0 Å². The van der Waals surface area contributed by atoms with Gasteiger partial charge in [0, 0.05) is 25.4 Å². The molecule has 0 radical (unpaired) electrons. The van der Waals surface area contributed by atoms with Crippen molar-refractivity contribution < 1.29 is 9.59 Å². The average molecular weight is 336 g/mol. The highest BCUT2D eigenvalue weighted by Crippen LogP contribution is 2.30. The van der Waals surface area contributed by atoms with Crippen LogP contribution < -0.4 is 5.32 Å². The predicted molar refractivity (Wildman–Crippen MR) is 89.2 cm³/mol. The molecule has 1 aliphatic carbocycles. The van der Waals surface area contributed by atoms with Crippen LogP contribution in [0.1, 0.15) is 56.9 Å². The first kappa shape index (κ1) is 16.4. The number of hydrogen-bond acceptors (Lipinski definition) is 5. The van der Waals surface area contributed by atoms with Gasteiger partial charge in [0.2, 0.25) is 16.9 Å². The van der Waals surface area contributed by atoms with Crippen LogP contribution in [0.2, 0.25) is 0 Å². The van der Waals surface area contributed by atoms with Crippen LogP contribution in [0, 0.1) is 5.92 Å². The SMILES string of the molecule is CCCCc1nnc(NC(=O)[C@@H]2CC(=O)N(C3CCCC3)C2)s1. The van der Waals surface area contributed by atoms with E-state index in [2.05, 4.69) is 22.4 Å². The first-order chi connectivity index (χ1) is 11.2. The van der Waals surface area contributed by atoms with E-state index in [1.807, 2.05) is 4.90 Å². The molecule has 2 heterocycles. The summed E-state index contributed by atoms with van der Waals surface area (Å²) in [6, 6.07) is 0.350. The van der Waals surface area contributed by atoms with Gasteiger partial charge in [0.25, 0.3) is 0 Å². The molecular weight excluding hydrogens is 312 g/mol. The van der Waals surface area contributed by atoms with Crippen molar-refractivity contribution in [3.8, 4) is 0 Å². The number of carbonyl (C=O) groups is 2. The summed E-state index contributed by atoms with van der Waals surface area (Å²) >= 11 is 1.43. The van der Waals surface area contributed by atoms with Crippen LogP contribution in [-0.4, -0.2) is 39.5 Å². The molecule has 1 aliphatic heterocycles. The lowest BCUT2D eigenvalue weighted by atomic mass is 10.1. The molecule has 0 aromatic carbocycles. The number of nitrogens with one attached hydrogen (secondary N) is 1. The number of likely N-dealkylation sites (tertiary alicyclic amines) is 1. The van der Waals surface area contributed by atoms with Crippen LogP contribution in [0.15, 0.2) is 0 Å². The quantitative estimate of drug-likeness (QED) is 0.866. The fourth-order valence-corrected chi connectivity index (χ4v) is 4.20. The van der Waals surface area contributed by atoms with Crippen LogP contribution in [0.3, 0.4) is 0 Å². The molecule has 1 aromatic heterocycles. The van der Waals surface area contributed by atoms with Crippen molar-refractivity contribution >= 4 is 28.3 Å². The van der Waals surface area contributed by atoms with Crippen LogP contribution in [0.4, 0.5) is 5.13 Å². The van der Waals surface area contributed by atoms with E-state index in [4.69, 9.17) is 0 Å². The number of amides is 2. The number of unbranched alkanes of at least 4 members (excludes halogenated alkanes) is 1. The number of aromatic nitrogens is 2. The summed E-state index contributed by atoms with van der Waals surface area (Å²) in [7, 11) is 0. The van der Waals surface area contributed by atoms with Gasteiger partial charge in [0.1, 0.15) is 5.01 Å². The molecule has 126 valence electrons. The Labute approximate surface area is 140 Å². The van der Waals surface area contributed by atoms with Crippen molar-refractivity contribution in [3.05, 3.63) is 5.01 Å². The van der Waals surface area contributed by atoms with E-state index in [-0.39, 0.29) is 17.7 Å². The maximum absolute atomic E-state index is 12.4. The van der Waals surface area contributed by atoms with Crippen molar-refractivity contribution in [1.29, 1.82) is 0 Å². The van der Waals surface area contributed by atoms with Gasteiger partial charge in [-0.05, 0) is 19.3 Å². The zero-order valence-electron chi connectivity index (χ0n) is 13.6. The maximum atomic E-state index is 12.4. The summed E-state index contributed by atoms with van der Waals surface area (Å²) < 4.78 is 0. The van der Waals surface area contributed by atoms with Crippen LogP contribution in [0.5, 0.6) is 0 Å². The van der Waals surface area contributed by atoms with Crippen molar-refractivity contribution in [2.45, 2.75) is 64.3 Å². The summed E-state index contributed by atoms with van der Waals surface area (Å²) in [5, 5.41) is 12.5. The van der Waals surface area contributed by atoms with Gasteiger partial charge in [-0.1, -0.05) is 37.5 Å². The first-order valence-corrected chi connectivity index (χ1v) is 9.41. The number of rotatable bonds is 6. The second-order valence-electron chi connectivity index (χ2n) is 6.48. The predicted octanol–water partition coefficient (Wildman–Crippen LogP) is 2.61. The fraction of sp³-hybridized carbons (Fsp3) is 0.750. The molecule has 1 saturated carbocycles. The minimum atomic E-state index is -0.258. The van der Waals surface area contributed by atoms with Gasteiger partial charge in [0.05, 0.1) is 5.92 Å². The maximum Gasteiger partial charge on any atom is 0.231 e. The van der Waals surface area contributed by atoms with Crippen molar-refractivity contribution in [3.63, 3.8) is 0 Å². The van der Waals surface area contributed by atoms with E-state index >= 15 is 0 Å². The first-order valence-electron chi connectivity index (χ1n) is 8.60. The highest BCUT2D eigenvalue weighted by Gasteiger charge is 2.38. The molecule has 1 atom stereocenters. The second kappa shape index (κ2) is 7.38. The standard InChI is InChI=1S/C16H24N4O2S/c1-2-3-8-13-18-19-16(23-13)17-15(22)11-9-14(21)20(10-11)12-6-4-5-7-12/h11-12H,2-10H2,1H3,(H,17,19,22)/t11-/m1/s1. The van der Waals surface area contributed by atoms with Gasteiger partial charge in [-0.25, -0.2) is 0 Å². The molecule has 7 heteroatoms. The Morgan fingerprint density at radius 1 is 1.35 bits per heavy atom. The molecule has 0 spiro atoms. The van der Waals surface area contributed by atoms with Crippen LogP contribution in [-0.2, 0) is 16.0 Å². The van der Waals surface area contributed by atoms with Crippen LogP contribution in [0.25, 0.3) is 0 Å². The van der Waals surface area contributed by atoms with Crippen molar-refractivity contribution in [2.24, 2.45) is 5.92 Å². The molecule has 1 N–H and O–H groups in total. The van der Waals surface area contributed by atoms with E-state index in [0.29, 0.717) is 24.1 Å². The molecular formula is C16H24N4O2S. The van der Waals surface area contributed by atoms with Gasteiger partial charge in [-0.15, -0.1) is 10.2 Å². The molecule has 3 rings (SSSR count). The van der Waals surface area contributed by atoms with Crippen molar-refractivity contribution in [1.82, 2.24) is 15.1 Å². The summed E-state index contributed by atoms with van der Waals surface area (Å²) in [5.41, 5.74) is 0. The van der Waals surface area contributed by atoms with E-state index in [1.54, 1.807) is 0 Å². The zero-order chi connectivity index (χ0) is 16.2. The number of hydrogen-bond donors (Lipinski definition) is 1. The number of nitrogens with zero attached hydrogens (tertiary/aromatic N) is 3. The Morgan fingerprint density at radius 3 is 2.87 bits per heavy atom. The molecule has 2 amide bonds. The monoisotopic (exact) mass is 336 g/mol. The highest BCUT2D eigenvalue weighted by molar-refractivity contribution is 7.15. The number of anilines is 1. The van der Waals surface area contributed by atoms with Gasteiger partial charge in [-0.3, -0.25) is 9.59 Å². The molecule has 2 aliphatic rings. The number of aryl methyl sites for hydroxylation is 1. The highest BCUT2D eigenvalue weighted by atomic mass is 32.1. The third-order valence-electron chi connectivity index (χ3n) is 4.74. The summed E-state index contributed by atoms with van der Waals surface area (Å²) in [6.45, 7) is 2.69. The Hall–Kier alpha value is -1.50. The zero-order valence-corrected chi connectivity index (χ0v) is 14.4. The van der Waals surface area contributed by atoms with E-state index in [1.165, 1.54) is 24.2 Å². The molecule has 0 bridgehead atoms. The summed E-state index contributed by atoms with van der Waals surface area (Å²) in [5.74, 6) is -0.235. The summed E-state index contributed by atoms with van der Waals surface area (Å²) in [6.07, 6.45) is 7.96. The Balaban J connectivity index is 1.54. The lowest BCUT2D eigenvalue weighted by Gasteiger charge is -2.23. The molecule has 1 aromatic rings. The lowest BCUT2D eigenvalue weighted by molar-refractivity contribution is -0.129. The third kappa shape index (κ3) is 3.88. The topological polar surface area (TPSA) is 75.2 Å². The minimum Gasteiger partial charge on any atom is -0.339 e. The van der Waals surface area contributed by atoms with E-state index in [0.717, 1.165) is 37.1 Å². The van der Waals surface area contributed by atoms with Gasteiger partial charge < -0.3 is 10.2 Å². The Bertz CT molecular complexity index is 568. The van der Waals surface area contributed by atoms with E-state index in [9.17, 15) is 9.59 Å². The average Bonchev–Trinajstić information content (AvgIpc) is 3.25. The lowest BCUT2D eigenvalue weighted by Crippen LogP contribution is -2.35. The molecule has 0 unspecified atom stereocenters. The second-order valence-corrected chi connectivity index (χ2v) is 7.54. The molecule has 1 saturated heterocycles. The largest absolute Gasteiger partial charge is 0.339 e. The fourth-order valence-electron chi connectivity index (χ4n) is 3.42.